The molecule has 0 fully saturated rings. The summed E-state index contributed by atoms with van der Waals surface area (Å²) in [6, 6.07) is 5.51. The first kappa shape index (κ1) is 15.0. The molecular weight excluding hydrogens is 296 g/mol. The van der Waals surface area contributed by atoms with Crippen LogP contribution in [0.3, 0.4) is 0 Å². The normalized spacial score (nSPS) is 12.0. The molecule has 4 nitrogen and oxygen atoms in total. The molecule has 1 atom stereocenters. The average Bonchev–Trinajstić information content (AvgIpc) is 2.33. The molecule has 0 heterocycles. The van der Waals surface area contributed by atoms with Crippen LogP contribution in [0, 0.1) is 6.92 Å². The molecule has 100 valence electrons. The Labute approximate surface area is 116 Å². The molecule has 0 saturated carbocycles. The number of rotatable bonds is 5. The summed E-state index contributed by atoms with van der Waals surface area (Å²) in [7, 11) is 0. The third-order valence-corrected chi connectivity index (χ3v) is 3.37. The van der Waals surface area contributed by atoms with Crippen molar-refractivity contribution < 1.29 is 9.90 Å². The van der Waals surface area contributed by atoms with Crippen molar-refractivity contribution >= 4 is 27.6 Å². The highest BCUT2D eigenvalue weighted by Crippen LogP contribution is 2.23. The minimum atomic E-state index is -0.249. The summed E-state index contributed by atoms with van der Waals surface area (Å²) >= 11 is 3.39. The minimum absolute atomic E-state index is 0.00131. The van der Waals surface area contributed by atoms with E-state index in [1.54, 1.807) is 0 Å². The Morgan fingerprint density at radius 1 is 1.50 bits per heavy atom. The molecule has 0 aliphatic carbocycles. The van der Waals surface area contributed by atoms with Gasteiger partial charge in [0, 0.05) is 17.1 Å². The number of carbonyl (C=O) groups is 1. The highest BCUT2D eigenvalue weighted by molar-refractivity contribution is 9.10. The number of carbonyl (C=O) groups excluding carboxylic acids is 1. The first-order valence-corrected chi connectivity index (χ1v) is 6.80. The van der Waals surface area contributed by atoms with Gasteiger partial charge in [-0.25, -0.2) is 4.79 Å². The lowest BCUT2D eigenvalue weighted by Crippen LogP contribution is -2.38. The van der Waals surface area contributed by atoms with Crippen LogP contribution in [0.5, 0.6) is 0 Å². The fraction of sp³-hybridized carbons (Fsp3) is 0.462. The van der Waals surface area contributed by atoms with Crippen LogP contribution in [0.2, 0.25) is 0 Å². The van der Waals surface area contributed by atoms with Crippen LogP contribution >= 0.6 is 15.9 Å². The van der Waals surface area contributed by atoms with Crippen molar-refractivity contribution in [2.24, 2.45) is 0 Å². The first-order chi connectivity index (χ1) is 8.56. The van der Waals surface area contributed by atoms with Gasteiger partial charge in [-0.15, -0.1) is 0 Å². The molecule has 1 unspecified atom stereocenters. The van der Waals surface area contributed by atoms with Crippen molar-refractivity contribution in [1.82, 2.24) is 5.32 Å². The summed E-state index contributed by atoms with van der Waals surface area (Å²) in [5.74, 6) is 0. The molecule has 0 bridgehead atoms. The highest BCUT2D eigenvalue weighted by Gasteiger charge is 2.10. The van der Waals surface area contributed by atoms with Gasteiger partial charge in [0.15, 0.2) is 0 Å². The van der Waals surface area contributed by atoms with E-state index in [1.807, 2.05) is 32.0 Å². The number of amides is 2. The van der Waals surface area contributed by atoms with E-state index in [1.165, 1.54) is 0 Å². The molecule has 0 aliphatic heterocycles. The molecule has 1 aromatic carbocycles. The van der Waals surface area contributed by atoms with Crippen LogP contribution < -0.4 is 10.6 Å². The van der Waals surface area contributed by atoms with E-state index in [2.05, 4.69) is 26.6 Å². The monoisotopic (exact) mass is 314 g/mol. The lowest BCUT2D eigenvalue weighted by molar-refractivity contribution is 0.237. The van der Waals surface area contributed by atoms with E-state index >= 15 is 0 Å². The molecule has 0 aromatic heterocycles. The van der Waals surface area contributed by atoms with Crippen LogP contribution in [0.4, 0.5) is 10.5 Å². The van der Waals surface area contributed by atoms with E-state index in [4.69, 9.17) is 5.11 Å². The topological polar surface area (TPSA) is 61.4 Å². The van der Waals surface area contributed by atoms with Gasteiger partial charge in [0.1, 0.15) is 0 Å². The lowest BCUT2D eigenvalue weighted by Gasteiger charge is -2.17. The number of benzene rings is 1. The molecule has 0 radical (unpaired) electrons. The number of halogens is 1. The Balaban J connectivity index is 2.61. The van der Waals surface area contributed by atoms with Crippen LogP contribution in [-0.4, -0.2) is 23.8 Å². The molecule has 1 aromatic rings. The second-order valence-electron chi connectivity index (χ2n) is 4.20. The van der Waals surface area contributed by atoms with Crippen LogP contribution in [0.15, 0.2) is 22.7 Å². The van der Waals surface area contributed by atoms with Crippen molar-refractivity contribution in [3.8, 4) is 0 Å². The third-order valence-electron chi connectivity index (χ3n) is 2.68. The van der Waals surface area contributed by atoms with Crippen LogP contribution in [0.25, 0.3) is 0 Å². The molecule has 0 spiro atoms. The van der Waals surface area contributed by atoms with E-state index in [0.717, 1.165) is 22.1 Å². The summed E-state index contributed by atoms with van der Waals surface area (Å²) in [5, 5.41) is 14.5. The van der Waals surface area contributed by atoms with Crippen molar-refractivity contribution in [2.75, 3.05) is 11.9 Å². The van der Waals surface area contributed by atoms with E-state index in [9.17, 15) is 4.79 Å². The largest absolute Gasteiger partial charge is 0.396 e. The smallest absolute Gasteiger partial charge is 0.319 e. The summed E-state index contributed by atoms with van der Waals surface area (Å²) in [6.07, 6.45) is 1.36. The number of anilines is 1. The van der Waals surface area contributed by atoms with Crippen molar-refractivity contribution in [1.29, 1.82) is 0 Å². The van der Waals surface area contributed by atoms with Gasteiger partial charge in [-0.1, -0.05) is 13.0 Å². The number of aliphatic hydroxyl groups is 1. The summed E-state index contributed by atoms with van der Waals surface area (Å²) in [5.41, 5.74) is 1.82. The summed E-state index contributed by atoms with van der Waals surface area (Å²) in [4.78, 5) is 11.8. The van der Waals surface area contributed by atoms with Crippen molar-refractivity contribution in [2.45, 2.75) is 32.7 Å². The van der Waals surface area contributed by atoms with Gasteiger partial charge in [-0.3, -0.25) is 0 Å². The molecular formula is C13H19BrN2O2. The molecule has 3 N–H and O–H groups in total. The Morgan fingerprint density at radius 3 is 2.83 bits per heavy atom. The average molecular weight is 315 g/mol. The maximum absolute atomic E-state index is 11.8. The lowest BCUT2D eigenvalue weighted by atomic mass is 10.1. The SMILES string of the molecule is CCC(CCO)NC(=O)Nc1cc(C)ccc1Br. The molecule has 0 saturated heterocycles. The quantitative estimate of drug-likeness (QED) is 0.782. The molecule has 0 aliphatic rings. The fourth-order valence-corrected chi connectivity index (χ4v) is 1.96. The maximum atomic E-state index is 11.8. The number of nitrogens with one attached hydrogen (secondary N) is 2. The number of aliphatic hydroxyl groups excluding tert-OH is 1. The van der Waals surface area contributed by atoms with Crippen LogP contribution in [0.1, 0.15) is 25.3 Å². The number of urea groups is 1. The number of hydrogen-bond donors (Lipinski definition) is 3. The zero-order valence-corrected chi connectivity index (χ0v) is 12.3. The van der Waals surface area contributed by atoms with Crippen LogP contribution in [-0.2, 0) is 0 Å². The standard InChI is InChI=1S/C13H19BrN2O2/c1-3-10(6-7-17)15-13(18)16-12-8-9(2)4-5-11(12)14/h4-5,8,10,17H,3,6-7H2,1-2H3,(H2,15,16,18). The van der Waals surface area contributed by atoms with Crippen molar-refractivity contribution in [3.05, 3.63) is 28.2 Å². The van der Waals surface area contributed by atoms with Gasteiger partial charge in [0.25, 0.3) is 0 Å². The predicted molar refractivity (Wildman–Crippen MR) is 76.8 cm³/mol. The summed E-state index contributed by atoms with van der Waals surface area (Å²) < 4.78 is 0.846. The molecule has 18 heavy (non-hydrogen) atoms. The van der Waals surface area contributed by atoms with Crippen molar-refractivity contribution in [3.63, 3.8) is 0 Å². The first-order valence-electron chi connectivity index (χ1n) is 6.01. The van der Waals surface area contributed by atoms with Gasteiger partial charge in [-0.2, -0.15) is 0 Å². The van der Waals surface area contributed by atoms with E-state index < -0.39 is 0 Å². The molecule has 5 heteroatoms. The second kappa shape index (κ2) is 7.38. The summed E-state index contributed by atoms with van der Waals surface area (Å²) in [6.45, 7) is 4.02. The molecule has 2 amide bonds. The van der Waals surface area contributed by atoms with Gasteiger partial charge in [0.2, 0.25) is 0 Å². The fourth-order valence-electron chi connectivity index (χ4n) is 1.61. The predicted octanol–water partition coefficient (Wildman–Crippen LogP) is 3.04. The Morgan fingerprint density at radius 2 is 2.22 bits per heavy atom. The Bertz CT molecular complexity index is 410. The van der Waals surface area contributed by atoms with Gasteiger partial charge in [0.05, 0.1) is 5.69 Å². The van der Waals surface area contributed by atoms with Gasteiger partial charge >= 0.3 is 6.03 Å². The second-order valence-corrected chi connectivity index (χ2v) is 5.05. The maximum Gasteiger partial charge on any atom is 0.319 e. The molecule has 1 rings (SSSR count). The minimum Gasteiger partial charge on any atom is -0.396 e. The van der Waals surface area contributed by atoms with E-state index in [-0.39, 0.29) is 18.7 Å². The zero-order valence-electron chi connectivity index (χ0n) is 10.7. The Kier molecular flexibility index (Phi) is 6.15. The van der Waals surface area contributed by atoms with Gasteiger partial charge < -0.3 is 15.7 Å². The zero-order chi connectivity index (χ0) is 13.5. The highest BCUT2D eigenvalue weighted by atomic mass is 79.9. The Hall–Kier alpha value is -1.07. The third kappa shape index (κ3) is 4.66. The van der Waals surface area contributed by atoms with Gasteiger partial charge in [-0.05, 0) is 53.4 Å². The van der Waals surface area contributed by atoms with E-state index in [0.29, 0.717) is 6.42 Å². The number of aryl methyl sites for hydroxylation is 1. The number of hydrogen-bond acceptors (Lipinski definition) is 2.